The lowest BCUT2D eigenvalue weighted by molar-refractivity contribution is -0.133. The monoisotopic (exact) mass is 431 g/mol. The van der Waals surface area contributed by atoms with E-state index in [4.69, 9.17) is 0 Å². The molecule has 0 bridgehead atoms. The SMILES string of the molecule is C.CN(C(=O)Nc1cnc(-c2cc(F)ccc2F)cn1)C1CCN(C(=O)C2CC2)CC1. The maximum Gasteiger partial charge on any atom is 0.323 e. The van der Waals surface area contributed by atoms with Crippen LogP contribution < -0.4 is 5.32 Å². The van der Waals surface area contributed by atoms with E-state index >= 15 is 0 Å². The van der Waals surface area contributed by atoms with E-state index in [-0.39, 0.29) is 48.4 Å². The molecule has 1 aliphatic carbocycles. The number of nitrogens with one attached hydrogen (secondary N) is 1. The molecule has 7 nitrogen and oxygen atoms in total. The number of hydrogen-bond donors (Lipinski definition) is 1. The highest BCUT2D eigenvalue weighted by Gasteiger charge is 2.35. The van der Waals surface area contributed by atoms with Crippen LogP contribution >= 0.6 is 0 Å². The van der Waals surface area contributed by atoms with Crippen LogP contribution in [0.15, 0.2) is 30.6 Å². The summed E-state index contributed by atoms with van der Waals surface area (Å²) in [5.74, 6) is -0.504. The molecule has 1 aromatic carbocycles. The summed E-state index contributed by atoms with van der Waals surface area (Å²) in [6.07, 6.45) is 6.04. The molecule has 9 heteroatoms. The van der Waals surface area contributed by atoms with E-state index < -0.39 is 11.6 Å². The van der Waals surface area contributed by atoms with Crippen LogP contribution in [-0.4, -0.2) is 57.9 Å². The van der Waals surface area contributed by atoms with Gasteiger partial charge in [-0.25, -0.2) is 18.6 Å². The summed E-state index contributed by atoms with van der Waals surface area (Å²) < 4.78 is 27.2. The molecule has 166 valence electrons. The summed E-state index contributed by atoms with van der Waals surface area (Å²) >= 11 is 0. The number of likely N-dealkylation sites (tertiary alicyclic amines) is 1. The highest BCUT2D eigenvalue weighted by molar-refractivity contribution is 5.88. The molecule has 1 saturated heterocycles. The Labute approximate surface area is 180 Å². The van der Waals surface area contributed by atoms with Crippen molar-refractivity contribution < 1.29 is 18.4 Å². The molecule has 1 N–H and O–H groups in total. The second-order valence-electron chi connectivity index (χ2n) is 7.78. The summed E-state index contributed by atoms with van der Waals surface area (Å²) in [7, 11) is 1.71. The molecule has 4 rings (SSSR count). The van der Waals surface area contributed by atoms with Crippen molar-refractivity contribution in [2.45, 2.75) is 39.2 Å². The van der Waals surface area contributed by atoms with Crippen LogP contribution in [0, 0.1) is 17.6 Å². The number of nitrogens with zero attached hydrogens (tertiary/aromatic N) is 4. The molecular weight excluding hydrogens is 404 g/mol. The van der Waals surface area contributed by atoms with Gasteiger partial charge in [-0.3, -0.25) is 15.1 Å². The molecule has 1 saturated carbocycles. The molecule has 2 fully saturated rings. The van der Waals surface area contributed by atoms with Crippen LogP contribution in [0.25, 0.3) is 11.3 Å². The molecule has 2 heterocycles. The van der Waals surface area contributed by atoms with Gasteiger partial charge in [0, 0.05) is 37.7 Å². The standard InChI is InChI=1S/C21H23F2N5O2.CH4/c1-27(15-6-8-28(9-7-15)20(29)13-2-3-13)21(30)26-19-12-24-18(11-25-19)16-10-14(22)4-5-17(16)23;/h4-5,10-13,15H,2-3,6-9H2,1H3,(H,25,26,30);1H4. The number of halogens is 2. The maximum absolute atomic E-state index is 13.9. The van der Waals surface area contributed by atoms with Crippen LogP contribution in [0.5, 0.6) is 0 Å². The highest BCUT2D eigenvalue weighted by atomic mass is 19.1. The molecule has 0 radical (unpaired) electrons. The number of aromatic nitrogens is 2. The number of amides is 3. The number of piperidine rings is 1. The Morgan fingerprint density at radius 2 is 1.81 bits per heavy atom. The first kappa shape index (κ1) is 22.6. The van der Waals surface area contributed by atoms with Gasteiger partial charge in [0.05, 0.1) is 18.1 Å². The lowest BCUT2D eigenvalue weighted by Gasteiger charge is -2.36. The second kappa shape index (κ2) is 9.36. The van der Waals surface area contributed by atoms with Crippen LogP contribution in [0.1, 0.15) is 33.1 Å². The summed E-state index contributed by atoms with van der Waals surface area (Å²) in [5.41, 5.74) is 0.177. The normalized spacial score (nSPS) is 16.4. The first-order valence-electron chi connectivity index (χ1n) is 10.0. The lowest BCUT2D eigenvalue weighted by atomic mass is 10.0. The predicted octanol–water partition coefficient (Wildman–Crippen LogP) is 3.92. The van der Waals surface area contributed by atoms with E-state index in [9.17, 15) is 18.4 Å². The van der Waals surface area contributed by atoms with Gasteiger partial charge in [0.25, 0.3) is 0 Å². The zero-order valence-corrected chi connectivity index (χ0v) is 16.6. The summed E-state index contributed by atoms with van der Waals surface area (Å²) in [4.78, 5) is 36.4. The predicted molar refractivity (Wildman–Crippen MR) is 113 cm³/mol. The number of carbonyl (C=O) groups excluding carboxylic acids is 2. The van der Waals surface area contributed by atoms with E-state index in [2.05, 4.69) is 15.3 Å². The molecule has 1 aromatic heterocycles. The third kappa shape index (κ3) is 5.15. The number of rotatable bonds is 4. The van der Waals surface area contributed by atoms with Crippen molar-refractivity contribution in [2.75, 3.05) is 25.5 Å². The number of hydrogen-bond acceptors (Lipinski definition) is 4. The number of urea groups is 1. The largest absolute Gasteiger partial charge is 0.342 e. The van der Waals surface area contributed by atoms with E-state index in [1.54, 1.807) is 11.9 Å². The zero-order valence-electron chi connectivity index (χ0n) is 16.6. The number of anilines is 1. The van der Waals surface area contributed by atoms with Gasteiger partial charge in [0.2, 0.25) is 5.91 Å². The minimum absolute atomic E-state index is 0. The van der Waals surface area contributed by atoms with Gasteiger partial charge in [-0.1, -0.05) is 7.43 Å². The fourth-order valence-corrected chi connectivity index (χ4v) is 3.65. The topological polar surface area (TPSA) is 78.4 Å². The lowest BCUT2D eigenvalue weighted by Crippen LogP contribution is -2.48. The van der Waals surface area contributed by atoms with Crippen LogP contribution in [0.3, 0.4) is 0 Å². The van der Waals surface area contributed by atoms with E-state index in [0.717, 1.165) is 43.9 Å². The average molecular weight is 431 g/mol. The quantitative estimate of drug-likeness (QED) is 0.796. The molecule has 0 atom stereocenters. The van der Waals surface area contributed by atoms with Crippen molar-refractivity contribution in [3.8, 4) is 11.3 Å². The Kier molecular flexibility index (Phi) is 6.82. The van der Waals surface area contributed by atoms with Crippen LogP contribution in [0.4, 0.5) is 19.4 Å². The van der Waals surface area contributed by atoms with Crippen molar-refractivity contribution in [3.05, 3.63) is 42.2 Å². The minimum atomic E-state index is -0.603. The fourth-order valence-electron chi connectivity index (χ4n) is 3.65. The van der Waals surface area contributed by atoms with Crippen molar-refractivity contribution >= 4 is 17.8 Å². The Balaban J connectivity index is 0.00000272. The smallest absolute Gasteiger partial charge is 0.323 e. The fraction of sp³-hybridized carbons (Fsp3) is 0.455. The Bertz CT molecular complexity index is 941. The summed E-state index contributed by atoms with van der Waals surface area (Å²) in [6.45, 7) is 1.32. The Morgan fingerprint density at radius 3 is 2.42 bits per heavy atom. The van der Waals surface area contributed by atoms with Gasteiger partial charge in [-0.05, 0) is 43.9 Å². The van der Waals surface area contributed by atoms with Gasteiger partial charge in [-0.2, -0.15) is 0 Å². The van der Waals surface area contributed by atoms with Gasteiger partial charge >= 0.3 is 6.03 Å². The minimum Gasteiger partial charge on any atom is -0.342 e. The Hall–Kier alpha value is -3.10. The zero-order chi connectivity index (χ0) is 21.3. The third-order valence-electron chi connectivity index (χ3n) is 5.66. The van der Waals surface area contributed by atoms with Crippen molar-refractivity contribution in [1.29, 1.82) is 0 Å². The molecule has 3 amide bonds. The highest BCUT2D eigenvalue weighted by Crippen LogP contribution is 2.32. The molecule has 2 aliphatic rings. The van der Waals surface area contributed by atoms with Gasteiger partial charge in [0.1, 0.15) is 11.6 Å². The van der Waals surface area contributed by atoms with Gasteiger partial charge in [-0.15, -0.1) is 0 Å². The second-order valence-corrected chi connectivity index (χ2v) is 7.78. The third-order valence-corrected chi connectivity index (χ3v) is 5.66. The number of benzene rings is 1. The van der Waals surface area contributed by atoms with Crippen molar-refractivity contribution in [2.24, 2.45) is 5.92 Å². The first-order valence-corrected chi connectivity index (χ1v) is 10.0. The van der Waals surface area contributed by atoms with Crippen molar-refractivity contribution in [1.82, 2.24) is 19.8 Å². The van der Waals surface area contributed by atoms with Gasteiger partial charge < -0.3 is 9.80 Å². The molecule has 1 aliphatic heterocycles. The first-order chi connectivity index (χ1) is 14.4. The average Bonchev–Trinajstić information content (AvgIpc) is 3.60. The van der Waals surface area contributed by atoms with Crippen LogP contribution in [0.2, 0.25) is 0 Å². The number of carbonyl (C=O) groups is 2. The van der Waals surface area contributed by atoms with Crippen LogP contribution in [-0.2, 0) is 4.79 Å². The van der Waals surface area contributed by atoms with E-state index in [1.807, 2.05) is 4.90 Å². The van der Waals surface area contributed by atoms with E-state index in [1.165, 1.54) is 12.4 Å². The summed E-state index contributed by atoms with van der Waals surface area (Å²) in [5, 5.41) is 2.67. The molecule has 0 unspecified atom stereocenters. The van der Waals surface area contributed by atoms with Crippen molar-refractivity contribution in [3.63, 3.8) is 0 Å². The molecular formula is C22H27F2N5O2. The maximum atomic E-state index is 13.9. The molecule has 2 aromatic rings. The molecule has 31 heavy (non-hydrogen) atoms. The summed E-state index contributed by atoms with van der Waals surface area (Å²) in [6, 6.07) is 2.80. The molecule has 0 spiro atoms. The van der Waals surface area contributed by atoms with Gasteiger partial charge in [0.15, 0.2) is 5.82 Å². The van der Waals surface area contributed by atoms with E-state index in [0.29, 0.717) is 13.1 Å². The Morgan fingerprint density at radius 1 is 1.10 bits per heavy atom.